The number of rotatable bonds is 4. The van der Waals surface area contributed by atoms with E-state index in [0.717, 1.165) is 9.99 Å². The molecular formula is C13H12ClIN2O. The molecule has 3 nitrogen and oxygen atoms in total. The number of carbonyl (C=O) groups is 1. The zero-order chi connectivity index (χ0) is 13.1. The fraction of sp³-hybridized carbons (Fsp3) is 0.231. The van der Waals surface area contributed by atoms with E-state index in [0.29, 0.717) is 22.8 Å². The fourth-order valence-electron chi connectivity index (χ4n) is 1.74. The van der Waals surface area contributed by atoms with Crippen LogP contribution in [0, 0.1) is 3.57 Å². The Bertz CT molecular complexity index is 580. The monoisotopic (exact) mass is 374 g/mol. The number of carbonyl (C=O) groups excluding carboxylic acids is 1. The largest absolute Gasteiger partial charge is 0.287 e. The predicted molar refractivity (Wildman–Crippen MR) is 80.1 cm³/mol. The summed E-state index contributed by atoms with van der Waals surface area (Å²) in [4.78, 5) is 12.4. The number of nitrogens with zero attached hydrogens (tertiary/aromatic N) is 2. The summed E-state index contributed by atoms with van der Waals surface area (Å²) in [5.41, 5.74) is 1.11. The summed E-state index contributed by atoms with van der Waals surface area (Å²) in [5.74, 6) is -0.0792. The van der Waals surface area contributed by atoms with E-state index in [9.17, 15) is 4.79 Å². The van der Waals surface area contributed by atoms with E-state index in [4.69, 9.17) is 11.6 Å². The van der Waals surface area contributed by atoms with E-state index >= 15 is 0 Å². The molecule has 18 heavy (non-hydrogen) atoms. The highest BCUT2D eigenvalue weighted by atomic mass is 127. The minimum atomic E-state index is -0.0792. The Kier molecular flexibility index (Phi) is 4.40. The van der Waals surface area contributed by atoms with Gasteiger partial charge in [0.15, 0.2) is 0 Å². The van der Waals surface area contributed by atoms with Crippen LogP contribution in [0.15, 0.2) is 30.5 Å². The van der Waals surface area contributed by atoms with Gasteiger partial charge in [-0.05, 0) is 41.1 Å². The number of aromatic nitrogens is 2. The van der Waals surface area contributed by atoms with E-state index < -0.39 is 0 Å². The smallest absolute Gasteiger partial charge is 0.212 e. The summed E-state index contributed by atoms with van der Waals surface area (Å²) in [5, 5.41) is 4.55. The van der Waals surface area contributed by atoms with Crippen LogP contribution in [0.4, 0.5) is 0 Å². The van der Waals surface area contributed by atoms with Gasteiger partial charge in [-0.15, -0.1) is 0 Å². The van der Waals surface area contributed by atoms with Crippen LogP contribution in [0.25, 0.3) is 0 Å². The molecule has 0 aliphatic rings. The van der Waals surface area contributed by atoms with Crippen molar-refractivity contribution in [3.8, 4) is 0 Å². The van der Waals surface area contributed by atoms with Crippen molar-refractivity contribution in [3.05, 3.63) is 50.3 Å². The molecule has 0 unspecified atom stereocenters. The number of hydrogen-bond acceptors (Lipinski definition) is 2. The highest BCUT2D eigenvalue weighted by Gasteiger charge is 2.18. The molecule has 5 heteroatoms. The van der Waals surface area contributed by atoms with Gasteiger partial charge in [0.2, 0.25) is 5.78 Å². The van der Waals surface area contributed by atoms with Gasteiger partial charge in [0.1, 0.15) is 5.69 Å². The van der Waals surface area contributed by atoms with Gasteiger partial charge >= 0.3 is 0 Å². The zero-order valence-electron chi connectivity index (χ0n) is 9.86. The summed E-state index contributed by atoms with van der Waals surface area (Å²) >= 11 is 8.24. The van der Waals surface area contributed by atoms with Gasteiger partial charge in [0, 0.05) is 15.7 Å². The number of hydrogen-bond donors (Lipinski definition) is 0. The molecule has 0 fully saturated rings. The van der Waals surface area contributed by atoms with Crippen molar-refractivity contribution in [2.24, 2.45) is 0 Å². The quantitative estimate of drug-likeness (QED) is 0.603. The number of ketones is 1. The molecule has 0 saturated heterocycles. The van der Waals surface area contributed by atoms with E-state index in [2.05, 4.69) is 27.7 Å². The first-order chi connectivity index (χ1) is 8.63. The summed E-state index contributed by atoms with van der Waals surface area (Å²) in [6.45, 7) is 2.73. The Morgan fingerprint density at radius 3 is 2.94 bits per heavy atom. The topological polar surface area (TPSA) is 34.9 Å². The lowest BCUT2D eigenvalue weighted by molar-refractivity contribution is 0.102. The van der Waals surface area contributed by atoms with Gasteiger partial charge in [-0.1, -0.05) is 30.7 Å². The Labute approximate surface area is 124 Å². The molecule has 1 heterocycles. The van der Waals surface area contributed by atoms with Crippen LogP contribution < -0.4 is 0 Å². The highest BCUT2D eigenvalue weighted by molar-refractivity contribution is 14.1. The van der Waals surface area contributed by atoms with Crippen LogP contribution in [0.2, 0.25) is 5.02 Å². The first kappa shape index (κ1) is 13.5. The zero-order valence-corrected chi connectivity index (χ0v) is 12.8. The van der Waals surface area contributed by atoms with E-state index in [1.54, 1.807) is 10.7 Å². The maximum atomic E-state index is 12.4. The van der Waals surface area contributed by atoms with Crippen molar-refractivity contribution in [2.45, 2.75) is 19.9 Å². The third kappa shape index (κ3) is 2.75. The van der Waals surface area contributed by atoms with Crippen LogP contribution in [-0.2, 0) is 6.54 Å². The molecule has 0 atom stereocenters. The lowest BCUT2D eigenvalue weighted by atomic mass is 10.1. The number of halogens is 2. The fourth-order valence-corrected chi connectivity index (χ4v) is 2.51. The third-order valence-corrected chi connectivity index (χ3v) is 3.48. The second-order valence-electron chi connectivity index (χ2n) is 3.90. The maximum absolute atomic E-state index is 12.4. The molecule has 2 rings (SSSR count). The molecule has 0 amide bonds. The van der Waals surface area contributed by atoms with Crippen molar-refractivity contribution in [1.29, 1.82) is 0 Å². The minimum Gasteiger partial charge on any atom is -0.287 e. The molecule has 1 aromatic carbocycles. The summed E-state index contributed by atoms with van der Waals surface area (Å²) in [6.07, 6.45) is 2.43. The lowest BCUT2D eigenvalue weighted by Crippen LogP contribution is -2.12. The van der Waals surface area contributed by atoms with E-state index in [1.807, 2.05) is 25.1 Å². The van der Waals surface area contributed by atoms with Crippen molar-refractivity contribution in [3.63, 3.8) is 0 Å². The van der Waals surface area contributed by atoms with E-state index in [-0.39, 0.29) is 5.78 Å². The van der Waals surface area contributed by atoms with Crippen molar-refractivity contribution in [2.75, 3.05) is 0 Å². The summed E-state index contributed by atoms with van der Waals surface area (Å²) in [7, 11) is 0. The molecule has 0 N–H and O–H groups in total. The second kappa shape index (κ2) is 5.84. The third-order valence-electron chi connectivity index (χ3n) is 2.53. The van der Waals surface area contributed by atoms with Crippen LogP contribution in [0.1, 0.15) is 29.4 Å². The molecule has 0 radical (unpaired) electrons. The molecule has 0 spiro atoms. The molecule has 94 valence electrons. The first-order valence-corrected chi connectivity index (χ1v) is 7.10. The van der Waals surface area contributed by atoms with Gasteiger partial charge < -0.3 is 0 Å². The minimum absolute atomic E-state index is 0.0792. The Morgan fingerprint density at radius 1 is 1.50 bits per heavy atom. The average Bonchev–Trinajstić information content (AvgIpc) is 2.70. The van der Waals surface area contributed by atoms with Gasteiger partial charge in [0.25, 0.3) is 0 Å². The maximum Gasteiger partial charge on any atom is 0.212 e. The van der Waals surface area contributed by atoms with Gasteiger partial charge in [-0.3, -0.25) is 9.48 Å². The molecule has 1 aromatic heterocycles. The van der Waals surface area contributed by atoms with Crippen LogP contribution in [0.3, 0.4) is 0 Å². The van der Waals surface area contributed by atoms with Crippen molar-refractivity contribution in [1.82, 2.24) is 9.78 Å². The molecule has 0 aliphatic carbocycles. The molecule has 0 aliphatic heterocycles. The SMILES string of the molecule is CCCn1ncc(Cl)c1C(=O)c1cccc(I)c1. The second-order valence-corrected chi connectivity index (χ2v) is 5.56. The molecule has 0 bridgehead atoms. The average molecular weight is 375 g/mol. The molecule has 0 saturated carbocycles. The lowest BCUT2D eigenvalue weighted by Gasteiger charge is -2.06. The Hall–Kier alpha value is -0.880. The normalized spacial score (nSPS) is 10.6. The van der Waals surface area contributed by atoms with Crippen LogP contribution >= 0.6 is 34.2 Å². The first-order valence-electron chi connectivity index (χ1n) is 5.65. The van der Waals surface area contributed by atoms with Gasteiger partial charge in [-0.2, -0.15) is 5.10 Å². The molecule has 2 aromatic rings. The Balaban J connectivity index is 2.42. The Morgan fingerprint density at radius 2 is 2.28 bits per heavy atom. The molecular weight excluding hydrogens is 363 g/mol. The summed E-state index contributed by atoms with van der Waals surface area (Å²) in [6, 6.07) is 7.46. The van der Waals surface area contributed by atoms with Gasteiger partial charge in [0.05, 0.1) is 11.2 Å². The number of aryl methyl sites for hydroxylation is 1. The van der Waals surface area contributed by atoms with Crippen molar-refractivity contribution >= 4 is 40.0 Å². The van der Waals surface area contributed by atoms with E-state index in [1.165, 1.54) is 6.20 Å². The summed E-state index contributed by atoms with van der Waals surface area (Å²) < 4.78 is 2.70. The number of benzene rings is 1. The predicted octanol–water partition coefficient (Wildman–Crippen LogP) is 3.78. The van der Waals surface area contributed by atoms with Gasteiger partial charge in [-0.25, -0.2) is 0 Å². The van der Waals surface area contributed by atoms with Crippen LogP contribution in [-0.4, -0.2) is 15.6 Å². The highest BCUT2D eigenvalue weighted by Crippen LogP contribution is 2.20. The van der Waals surface area contributed by atoms with Crippen molar-refractivity contribution < 1.29 is 4.79 Å². The standard InChI is InChI=1S/C13H12ClIN2O/c1-2-6-17-12(11(14)8-16-17)13(18)9-4-3-5-10(15)7-9/h3-5,7-8H,2,6H2,1H3. The van der Waals surface area contributed by atoms with Crippen LogP contribution in [0.5, 0.6) is 0 Å².